The first-order valence-electron chi connectivity index (χ1n) is 7.63. The molecule has 0 bridgehead atoms. The molecule has 0 aliphatic carbocycles. The number of hydrogen-bond acceptors (Lipinski definition) is 1. The normalized spacial score (nSPS) is 10.6. The maximum atomic E-state index is 12.0. The minimum atomic E-state index is -0.129. The van der Waals surface area contributed by atoms with Crippen molar-refractivity contribution in [1.29, 1.82) is 0 Å². The SMILES string of the molecule is Cc1ccccc1-c1cc(NC(=O)N(C)C)cc2ccccc12. The zero-order valence-corrected chi connectivity index (χ0v) is 13.6. The lowest BCUT2D eigenvalue weighted by molar-refractivity contribution is 0.230. The first-order chi connectivity index (χ1) is 11.1. The summed E-state index contributed by atoms with van der Waals surface area (Å²) in [5.74, 6) is 0. The Hall–Kier alpha value is -2.81. The Balaban J connectivity index is 2.19. The average Bonchev–Trinajstić information content (AvgIpc) is 2.54. The van der Waals surface area contributed by atoms with Gasteiger partial charge in [-0.2, -0.15) is 0 Å². The van der Waals surface area contributed by atoms with Crippen LogP contribution in [0.4, 0.5) is 10.5 Å². The van der Waals surface area contributed by atoms with Crippen LogP contribution in [0, 0.1) is 6.92 Å². The van der Waals surface area contributed by atoms with Gasteiger partial charge >= 0.3 is 6.03 Å². The van der Waals surface area contributed by atoms with Crippen molar-refractivity contribution in [2.24, 2.45) is 0 Å². The minimum absolute atomic E-state index is 0.129. The van der Waals surface area contributed by atoms with Crippen LogP contribution >= 0.6 is 0 Å². The van der Waals surface area contributed by atoms with Crippen LogP contribution in [0.3, 0.4) is 0 Å². The van der Waals surface area contributed by atoms with E-state index in [-0.39, 0.29) is 6.03 Å². The van der Waals surface area contributed by atoms with E-state index in [9.17, 15) is 4.79 Å². The summed E-state index contributed by atoms with van der Waals surface area (Å²) in [5, 5.41) is 5.25. The number of aryl methyl sites for hydroxylation is 1. The van der Waals surface area contributed by atoms with Gasteiger partial charge in [0.1, 0.15) is 0 Å². The number of rotatable bonds is 2. The molecule has 3 aromatic rings. The lowest BCUT2D eigenvalue weighted by Gasteiger charge is -2.15. The fourth-order valence-electron chi connectivity index (χ4n) is 2.72. The Bertz CT molecular complexity index is 868. The van der Waals surface area contributed by atoms with E-state index >= 15 is 0 Å². The highest BCUT2D eigenvalue weighted by Gasteiger charge is 2.10. The summed E-state index contributed by atoms with van der Waals surface area (Å²) in [6.07, 6.45) is 0. The van der Waals surface area contributed by atoms with Crippen LogP contribution < -0.4 is 5.32 Å². The van der Waals surface area contributed by atoms with E-state index in [1.807, 2.05) is 36.4 Å². The van der Waals surface area contributed by atoms with Crippen LogP contribution in [0.1, 0.15) is 5.56 Å². The molecule has 0 radical (unpaired) electrons. The molecule has 0 saturated carbocycles. The molecule has 2 amide bonds. The summed E-state index contributed by atoms with van der Waals surface area (Å²) in [7, 11) is 3.47. The largest absolute Gasteiger partial charge is 0.331 e. The van der Waals surface area contributed by atoms with Gasteiger partial charge in [-0.3, -0.25) is 0 Å². The molecule has 1 N–H and O–H groups in total. The molecule has 0 saturated heterocycles. The third-order valence-corrected chi connectivity index (χ3v) is 3.95. The molecule has 0 aliphatic heterocycles. The van der Waals surface area contributed by atoms with Gasteiger partial charge in [-0.15, -0.1) is 0 Å². The van der Waals surface area contributed by atoms with Gasteiger partial charge in [-0.1, -0.05) is 48.5 Å². The van der Waals surface area contributed by atoms with Crippen molar-refractivity contribution in [3.8, 4) is 11.1 Å². The monoisotopic (exact) mass is 304 g/mol. The molecule has 0 atom stereocenters. The number of urea groups is 1. The van der Waals surface area contributed by atoms with Gasteiger partial charge in [0, 0.05) is 19.8 Å². The number of nitrogens with zero attached hydrogens (tertiary/aromatic N) is 1. The van der Waals surface area contributed by atoms with Crippen molar-refractivity contribution in [2.75, 3.05) is 19.4 Å². The zero-order valence-electron chi connectivity index (χ0n) is 13.6. The number of carbonyl (C=O) groups is 1. The Morgan fingerprint density at radius 1 is 0.913 bits per heavy atom. The van der Waals surface area contributed by atoms with Gasteiger partial charge < -0.3 is 10.2 Å². The van der Waals surface area contributed by atoms with Gasteiger partial charge in [0.15, 0.2) is 0 Å². The van der Waals surface area contributed by atoms with Gasteiger partial charge in [0.25, 0.3) is 0 Å². The van der Waals surface area contributed by atoms with Crippen LogP contribution in [-0.4, -0.2) is 25.0 Å². The first-order valence-corrected chi connectivity index (χ1v) is 7.63. The number of carbonyl (C=O) groups excluding carboxylic acids is 1. The zero-order chi connectivity index (χ0) is 16.4. The molecule has 3 heteroatoms. The lowest BCUT2D eigenvalue weighted by atomic mass is 9.94. The average molecular weight is 304 g/mol. The lowest BCUT2D eigenvalue weighted by Crippen LogP contribution is -2.27. The maximum Gasteiger partial charge on any atom is 0.321 e. The van der Waals surface area contributed by atoms with Crippen molar-refractivity contribution in [3.05, 3.63) is 66.2 Å². The Morgan fingerprint density at radius 3 is 2.35 bits per heavy atom. The molecule has 0 spiro atoms. The summed E-state index contributed by atoms with van der Waals surface area (Å²) in [4.78, 5) is 13.5. The third-order valence-electron chi connectivity index (χ3n) is 3.95. The van der Waals surface area contributed by atoms with Crippen LogP contribution in [0.5, 0.6) is 0 Å². The van der Waals surface area contributed by atoms with E-state index in [4.69, 9.17) is 0 Å². The number of nitrogens with one attached hydrogen (secondary N) is 1. The molecule has 0 aromatic heterocycles. The van der Waals surface area contributed by atoms with Crippen molar-refractivity contribution >= 4 is 22.5 Å². The third kappa shape index (κ3) is 3.04. The number of benzene rings is 3. The Labute approximate surface area is 136 Å². The fraction of sp³-hybridized carbons (Fsp3) is 0.150. The molecule has 3 aromatic carbocycles. The van der Waals surface area contributed by atoms with E-state index in [1.165, 1.54) is 21.4 Å². The molecule has 116 valence electrons. The van der Waals surface area contributed by atoms with E-state index in [1.54, 1.807) is 14.1 Å². The summed E-state index contributed by atoms with van der Waals surface area (Å²) in [6, 6.07) is 20.5. The topological polar surface area (TPSA) is 32.3 Å². The standard InChI is InChI=1S/C20H20N2O/c1-14-8-4-6-10-17(14)19-13-16(21-20(23)22(2)3)12-15-9-5-7-11-18(15)19/h4-13H,1-3H3,(H,21,23). The second-order valence-corrected chi connectivity index (χ2v) is 5.88. The van der Waals surface area contributed by atoms with Gasteiger partial charge in [-0.25, -0.2) is 4.79 Å². The van der Waals surface area contributed by atoms with Crippen LogP contribution in [0.25, 0.3) is 21.9 Å². The molecular formula is C20H20N2O. The van der Waals surface area contributed by atoms with Gasteiger partial charge in [0.2, 0.25) is 0 Å². The van der Waals surface area contributed by atoms with Crippen LogP contribution in [-0.2, 0) is 0 Å². The van der Waals surface area contributed by atoms with E-state index in [0.717, 1.165) is 16.6 Å². The molecular weight excluding hydrogens is 284 g/mol. The fourth-order valence-corrected chi connectivity index (χ4v) is 2.72. The van der Waals surface area contributed by atoms with E-state index < -0.39 is 0 Å². The number of fused-ring (bicyclic) bond motifs is 1. The quantitative estimate of drug-likeness (QED) is 0.717. The van der Waals surface area contributed by atoms with Crippen LogP contribution in [0.15, 0.2) is 60.7 Å². The molecule has 0 aliphatic rings. The van der Waals surface area contributed by atoms with Crippen molar-refractivity contribution < 1.29 is 4.79 Å². The van der Waals surface area contributed by atoms with Crippen LogP contribution in [0.2, 0.25) is 0 Å². The Morgan fingerprint density at radius 2 is 1.61 bits per heavy atom. The molecule has 0 unspecified atom stereocenters. The highest BCUT2D eigenvalue weighted by atomic mass is 16.2. The second-order valence-electron chi connectivity index (χ2n) is 5.88. The summed E-state index contributed by atoms with van der Waals surface area (Å²) < 4.78 is 0. The number of amides is 2. The highest BCUT2D eigenvalue weighted by Crippen LogP contribution is 2.33. The minimum Gasteiger partial charge on any atom is -0.331 e. The highest BCUT2D eigenvalue weighted by molar-refractivity contribution is 6.02. The predicted molar refractivity (Wildman–Crippen MR) is 96.8 cm³/mol. The number of hydrogen-bond donors (Lipinski definition) is 1. The summed E-state index contributed by atoms with van der Waals surface area (Å²) in [6.45, 7) is 2.11. The molecule has 23 heavy (non-hydrogen) atoms. The van der Waals surface area contributed by atoms with Gasteiger partial charge in [-0.05, 0) is 46.5 Å². The van der Waals surface area contributed by atoms with Crippen molar-refractivity contribution in [3.63, 3.8) is 0 Å². The van der Waals surface area contributed by atoms with E-state index in [0.29, 0.717) is 0 Å². The molecule has 0 fully saturated rings. The maximum absolute atomic E-state index is 12.0. The number of anilines is 1. The van der Waals surface area contributed by atoms with Gasteiger partial charge in [0.05, 0.1) is 0 Å². The molecule has 0 heterocycles. The summed E-state index contributed by atoms with van der Waals surface area (Å²) in [5.41, 5.74) is 4.34. The van der Waals surface area contributed by atoms with Crippen molar-refractivity contribution in [1.82, 2.24) is 4.90 Å². The van der Waals surface area contributed by atoms with Crippen molar-refractivity contribution in [2.45, 2.75) is 6.92 Å². The first kappa shape index (κ1) is 15.1. The van der Waals surface area contributed by atoms with E-state index in [2.05, 4.69) is 36.5 Å². The summed E-state index contributed by atoms with van der Waals surface area (Å²) >= 11 is 0. The Kier molecular flexibility index (Phi) is 4.02. The second kappa shape index (κ2) is 6.13. The molecule has 3 rings (SSSR count). The smallest absolute Gasteiger partial charge is 0.321 e. The predicted octanol–water partition coefficient (Wildman–Crippen LogP) is 4.91. The molecule has 3 nitrogen and oxygen atoms in total.